The molecule has 0 atom stereocenters. The molecule has 0 aromatic carbocycles. The lowest BCUT2D eigenvalue weighted by molar-refractivity contribution is 0.359. The van der Waals surface area contributed by atoms with E-state index in [0.29, 0.717) is 9.52 Å². The average Bonchev–Trinajstić information content (AvgIpc) is 2.14. The van der Waals surface area contributed by atoms with Gasteiger partial charge in [-0.1, -0.05) is 31.5 Å². The van der Waals surface area contributed by atoms with Crippen molar-refractivity contribution in [1.29, 1.82) is 0 Å². The van der Waals surface area contributed by atoms with Crippen molar-refractivity contribution in [3.8, 4) is 0 Å². The highest BCUT2D eigenvalue weighted by atomic mass is 28.2. The molecule has 0 amide bonds. The van der Waals surface area contributed by atoms with E-state index in [4.69, 9.17) is 0 Å². The van der Waals surface area contributed by atoms with Crippen LogP contribution in [0.25, 0.3) is 0 Å². The van der Waals surface area contributed by atoms with Crippen molar-refractivity contribution in [2.75, 3.05) is 13.1 Å². The van der Waals surface area contributed by atoms with Gasteiger partial charge in [0.2, 0.25) is 0 Å². The molecular formula is C9H23NSi2. The third-order valence-electron chi connectivity index (χ3n) is 2.78. The molecule has 1 fully saturated rings. The van der Waals surface area contributed by atoms with Crippen molar-refractivity contribution >= 4 is 19.2 Å². The van der Waals surface area contributed by atoms with E-state index >= 15 is 0 Å². The highest BCUT2D eigenvalue weighted by Crippen LogP contribution is 2.08. The summed E-state index contributed by atoms with van der Waals surface area (Å²) in [6.07, 6.45) is 6.02. The molecule has 0 aromatic rings. The Morgan fingerprint density at radius 3 is 2.50 bits per heavy atom. The highest BCUT2D eigenvalue weighted by molar-refractivity contribution is 6.34. The van der Waals surface area contributed by atoms with E-state index in [9.17, 15) is 0 Å². The van der Waals surface area contributed by atoms with Crippen molar-refractivity contribution in [1.82, 2.24) is 4.57 Å². The second kappa shape index (κ2) is 6.86. The fourth-order valence-electron chi connectivity index (χ4n) is 1.95. The number of piperidine rings is 1. The van der Waals surface area contributed by atoms with Crippen molar-refractivity contribution in [3.05, 3.63) is 0 Å². The largest absolute Gasteiger partial charge is 0.329 e. The summed E-state index contributed by atoms with van der Waals surface area (Å²) in [6.45, 7) is 5.31. The van der Waals surface area contributed by atoms with Crippen LogP contribution in [0.2, 0.25) is 18.6 Å². The van der Waals surface area contributed by atoms with Gasteiger partial charge in [-0.25, -0.2) is 0 Å². The maximum Gasteiger partial charge on any atom is 0.0950 e. The lowest BCUT2D eigenvalue weighted by Gasteiger charge is -2.26. The summed E-state index contributed by atoms with van der Waals surface area (Å²) in [7, 11) is 0.570. The van der Waals surface area contributed by atoms with Gasteiger partial charge in [0.25, 0.3) is 0 Å². The van der Waals surface area contributed by atoms with E-state index in [-0.39, 0.29) is 9.68 Å². The lowest BCUT2D eigenvalue weighted by atomic mass is 10.2. The van der Waals surface area contributed by atoms with Crippen LogP contribution in [0.15, 0.2) is 0 Å². The van der Waals surface area contributed by atoms with Gasteiger partial charge in [0.1, 0.15) is 0 Å². The zero-order valence-electron chi connectivity index (χ0n) is 8.52. The van der Waals surface area contributed by atoms with Crippen molar-refractivity contribution in [2.24, 2.45) is 0 Å². The minimum absolute atomic E-state index is 0.201. The van der Waals surface area contributed by atoms with Crippen LogP contribution in [0.5, 0.6) is 0 Å². The van der Waals surface area contributed by atoms with E-state index in [1.165, 1.54) is 32.4 Å². The van der Waals surface area contributed by atoms with Crippen LogP contribution in [0.3, 0.4) is 0 Å². The molecule has 3 heteroatoms. The number of hydrogen-bond donors (Lipinski definition) is 0. The Kier molecular flexibility index (Phi) is 5.99. The minimum atomic E-state index is 0.201. The van der Waals surface area contributed by atoms with Gasteiger partial charge in [-0.2, -0.15) is 0 Å². The summed E-state index contributed by atoms with van der Waals surface area (Å²) in [4.78, 5) is 0. The van der Waals surface area contributed by atoms with Gasteiger partial charge in [0.15, 0.2) is 0 Å². The molecule has 0 spiro atoms. The molecule has 0 N–H and O–H groups in total. The van der Waals surface area contributed by atoms with Crippen molar-refractivity contribution in [3.63, 3.8) is 0 Å². The molecule has 0 aliphatic carbocycles. The summed E-state index contributed by atoms with van der Waals surface area (Å²) in [5.74, 6) is 0. The maximum atomic E-state index is 2.79. The van der Waals surface area contributed by atoms with Gasteiger partial charge in [-0.3, -0.25) is 0 Å². The summed E-state index contributed by atoms with van der Waals surface area (Å²) < 4.78 is 2.79. The molecule has 0 radical (unpaired) electrons. The minimum Gasteiger partial charge on any atom is -0.329 e. The first-order valence-corrected chi connectivity index (χ1v) is 9.70. The van der Waals surface area contributed by atoms with Crippen LogP contribution >= 0.6 is 0 Å². The molecule has 0 saturated carbocycles. The van der Waals surface area contributed by atoms with E-state index in [1.54, 1.807) is 18.5 Å². The first-order valence-electron chi connectivity index (χ1n) is 5.66. The Balaban J connectivity index is 1.91. The van der Waals surface area contributed by atoms with E-state index in [2.05, 4.69) is 11.1 Å². The molecule has 1 aliphatic rings. The fourth-order valence-corrected chi connectivity index (χ4v) is 5.42. The standard InChI is InChI=1S/C9H23NSi2/c1-11-8-5-9-12-10-6-3-2-4-7-10/h2-9,11-12H2,1H3. The lowest BCUT2D eigenvalue weighted by Crippen LogP contribution is -2.32. The van der Waals surface area contributed by atoms with Gasteiger partial charge in [-0.15, -0.1) is 0 Å². The molecule has 0 bridgehead atoms. The van der Waals surface area contributed by atoms with Gasteiger partial charge in [0.05, 0.1) is 9.68 Å². The Morgan fingerprint density at radius 1 is 1.08 bits per heavy atom. The van der Waals surface area contributed by atoms with Gasteiger partial charge in [-0.05, 0) is 25.9 Å². The number of rotatable bonds is 5. The zero-order chi connectivity index (χ0) is 8.65. The monoisotopic (exact) mass is 201 g/mol. The number of hydrogen-bond acceptors (Lipinski definition) is 1. The molecule has 72 valence electrons. The van der Waals surface area contributed by atoms with Crippen LogP contribution < -0.4 is 0 Å². The smallest absolute Gasteiger partial charge is 0.0950 e. The summed E-state index contributed by atoms with van der Waals surface area (Å²) in [5, 5.41) is 0. The maximum absolute atomic E-state index is 2.79. The third kappa shape index (κ3) is 4.43. The van der Waals surface area contributed by atoms with Crippen LogP contribution in [-0.4, -0.2) is 36.9 Å². The molecular weight excluding hydrogens is 178 g/mol. The van der Waals surface area contributed by atoms with Gasteiger partial charge >= 0.3 is 0 Å². The quantitative estimate of drug-likeness (QED) is 0.474. The molecule has 1 aliphatic heterocycles. The summed E-state index contributed by atoms with van der Waals surface area (Å²) >= 11 is 0. The first-order chi connectivity index (χ1) is 5.93. The van der Waals surface area contributed by atoms with E-state index in [1.807, 2.05) is 0 Å². The Hall–Kier alpha value is 0.394. The van der Waals surface area contributed by atoms with Crippen LogP contribution in [0.4, 0.5) is 0 Å². The predicted molar refractivity (Wildman–Crippen MR) is 62.6 cm³/mol. The molecule has 1 heterocycles. The average molecular weight is 201 g/mol. The normalized spacial score (nSPS) is 21.8. The predicted octanol–water partition coefficient (Wildman–Crippen LogP) is 1.000. The topological polar surface area (TPSA) is 3.24 Å². The second-order valence-electron chi connectivity index (χ2n) is 3.96. The molecule has 1 rings (SSSR count). The molecule has 0 unspecified atom stereocenters. The summed E-state index contributed by atoms with van der Waals surface area (Å²) in [6, 6.07) is 3.20. The Morgan fingerprint density at radius 2 is 1.83 bits per heavy atom. The molecule has 1 nitrogen and oxygen atoms in total. The Bertz CT molecular complexity index is 103. The van der Waals surface area contributed by atoms with Crippen molar-refractivity contribution in [2.45, 2.75) is 44.3 Å². The number of nitrogens with zero attached hydrogens (tertiary/aromatic N) is 1. The zero-order valence-corrected chi connectivity index (χ0v) is 11.3. The third-order valence-corrected chi connectivity index (χ3v) is 6.06. The molecule has 0 aromatic heterocycles. The van der Waals surface area contributed by atoms with Gasteiger partial charge in [0, 0.05) is 9.52 Å². The first kappa shape index (κ1) is 10.5. The van der Waals surface area contributed by atoms with E-state index < -0.39 is 0 Å². The van der Waals surface area contributed by atoms with Gasteiger partial charge < -0.3 is 4.57 Å². The molecule has 12 heavy (non-hydrogen) atoms. The fraction of sp³-hybridized carbons (Fsp3) is 1.00. The Labute approximate surface area is 81.6 Å². The second-order valence-corrected chi connectivity index (χ2v) is 7.72. The SMILES string of the molecule is C[SiH2]CCC[SiH2]N1CCCCC1. The van der Waals surface area contributed by atoms with E-state index in [0.717, 1.165) is 0 Å². The summed E-state index contributed by atoms with van der Waals surface area (Å²) in [5.41, 5.74) is 0. The molecule has 1 saturated heterocycles. The highest BCUT2D eigenvalue weighted by Gasteiger charge is 2.08. The van der Waals surface area contributed by atoms with Crippen LogP contribution in [0.1, 0.15) is 25.7 Å². The van der Waals surface area contributed by atoms with Crippen LogP contribution in [0, 0.1) is 0 Å². The van der Waals surface area contributed by atoms with Crippen LogP contribution in [-0.2, 0) is 0 Å². The van der Waals surface area contributed by atoms with Crippen molar-refractivity contribution < 1.29 is 0 Å².